The molecule has 0 aliphatic heterocycles. The number of hydrogen-bond acceptors (Lipinski definition) is 0. The van der Waals surface area contributed by atoms with E-state index in [-0.39, 0.29) is 5.41 Å². The van der Waals surface area contributed by atoms with Crippen molar-refractivity contribution in [2.45, 2.75) is 31.6 Å². The first kappa shape index (κ1) is 36.8. The van der Waals surface area contributed by atoms with E-state index in [1.807, 2.05) is 0 Å². The van der Waals surface area contributed by atoms with Gasteiger partial charge >= 0.3 is 0 Å². The Labute approximate surface area is 359 Å². The van der Waals surface area contributed by atoms with Gasteiger partial charge in [0.2, 0.25) is 0 Å². The van der Waals surface area contributed by atoms with Gasteiger partial charge in [0.25, 0.3) is 0 Å². The molecule has 0 saturated heterocycles. The second kappa shape index (κ2) is 15.4. The molecule has 1 aliphatic rings. The first-order chi connectivity index (χ1) is 30.2. The Morgan fingerprint density at radius 2 is 0.721 bits per heavy atom. The predicted octanol–water partition coefficient (Wildman–Crippen LogP) is 16.8. The minimum Gasteiger partial charge on any atom is -0.0654 e. The van der Waals surface area contributed by atoms with Crippen LogP contribution in [0.15, 0.2) is 224 Å². The lowest BCUT2D eigenvalue weighted by Gasteiger charge is -2.33. The fourth-order valence-corrected chi connectivity index (χ4v) is 10.4. The van der Waals surface area contributed by atoms with Gasteiger partial charge in [-0.15, -0.1) is 0 Å². The summed E-state index contributed by atoms with van der Waals surface area (Å²) >= 11 is 0. The van der Waals surface area contributed by atoms with E-state index in [1.54, 1.807) is 0 Å². The predicted molar refractivity (Wildman–Crippen MR) is 260 cm³/mol. The molecule has 290 valence electrons. The molecule has 0 aromatic heterocycles. The molecule has 1 atom stereocenters. The molecule has 0 amide bonds. The zero-order valence-corrected chi connectivity index (χ0v) is 34.5. The van der Waals surface area contributed by atoms with Gasteiger partial charge in [0.1, 0.15) is 0 Å². The first-order valence-corrected chi connectivity index (χ1v) is 21.8. The number of fused-ring (bicyclic) bond motifs is 5. The molecule has 0 radical (unpaired) electrons. The molecule has 1 unspecified atom stereocenters. The van der Waals surface area contributed by atoms with Crippen LogP contribution in [0.3, 0.4) is 0 Å². The van der Waals surface area contributed by atoms with Gasteiger partial charge in [0, 0.05) is 5.41 Å². The molecule has 10 aromatic rings. The van der Waals surface area contributed by atoms with Gasteiger partial charge in [-0.25, -0.2) is 0 Å². The van der Waals surface area contributed by atoms with Crippen LogP contribution in [-0.2, 0) is 5.41 Å². The van der Waals surface area contributed by atoms with Crippen LogP contribution < -0.4 is 0 Å². The van der Waals surface area contributed by atoms with E-state index in [0.29, 0.717) is 0 Å². The molecule has 0 heterocycles. The SMILES string of the molecule is CCCCC1(c2ccccc2)c2ccccc2-c2ccc(-c3c4ccccc4c(-c4ccc(-c5cc(-c6ccccc6)cc(-c6ccccc6)c5)cc4)c4ccccc34)cc21. The summed E-state index contributed by atoms with van der Waals surface area (Å²) < 4.78 is 0. The summed E-state index contributed by atoms with van der Waals surface area (Å²) in [5, 5.41) is 5.09. The lowest BCUT2D eigenvalue weighted by molar-refractivity contribution is 0.538. The molecular weight excluding hydrogens is 733 g/mol. The standard InChI is InChI=1S/C61H46/c1-2-3-37-61(50-23-11-6-12-24-50)57-30-18-17-25-51(57)52-36-35-46(41-58(52)61)60-55-28-15-13-26-53(55)59(54-27-14-16-29-56(54)60)45-33-31-44(32-34-45)49-39-47(42-19-7-4-8-20-42)38-48(40-49)43-21-9-5-10-22-43/h4-36,38-41H,2-3,37H2,1H3. The molecule has 0 N–H and O–H groups in total. The zero-order valence-electron chi connectivity index (χ0n) is 34.5. The number of benzene rings is 10. The summed E-state index contributed by atoms with van der Waals surface area (Å²) in [5.41, 5.74) is 19.1. The average Bonchev–Trinajstić information content (AvgIpc) is 3.62. The van der Waals surface area contributed by atoms with Crippen molar-refractivity contribution in [1.82, 2.24) is 0 Å². The highest BCUT2D eigenvalue weighted by molar-refractivity contribution is 6.21. The zero-order chi connectivity index (χ0) is 40.8. The Hall–Kier alpha value is -7.28. The van der Waals surface area contributed by atoms with E-state index < -0.39 is 0 Å². The van der Waals surface area contributed by atoms with Crippen molar-refractivity contribution in [3.05, 3.63) is 241 Å². The van der Waals surface area contributed by atoms with Crippen LogP contribution in [0.5, 0.6) is 0 Å². The summed E-state index contributed by atoms with van der Waals surface area (Å²) in [5.74, 6) is 0. The van der Waals surface area contributed by atoms with Gasteiger partial charge in [0.15, 0.2) is 0 Å². The fourth-order valence-electron chi connectivity index (χ4n) is 10.4. The Morgan fingerprint density at radius 3 is 1.26 bits per heavy atom. The normalized spacial score (nSPS) is 14.2. The van der Waals surface area contributed by atoms with E-state index in [0.717, 1.165) is 19.3 Å². The molecule has 0 bridgehead atoms. The van der Waals surface area contributed by atoms with Crippen molar-refractivity contribution < 1.29 is 0 Å². The maximum atomic E-state index is 2.55. The van der Waals surface area contributed by atoms with Crippen molar-refractivity contribution in [3.8, 4) is 66.8 Å². The van der Waals surface area contributed by atoms with Crippen molar-refractivity contribution in [2.75, 3.05) is 0 Å². The summed E-state index contributed by atoms with van der Waals surface area (Å²) in [6, 6.07) is 83.6. The minimum atomic E-state index is -0.213. The third-order valence-corrected chi connectivity index (χ3v) is 13.2. The van der Waals surface area contributed by atoms with Gasteiger partial charge in [0.05, 0.1) is 0 Å². The van der Waals surface area contributed by atoms with Crippen LogP contribution in [-0.4, -0.2) is 0 Å². The summed E-state index contributed by atoms with van der Waals surface area (Å²) in [7, 11) is 0. The van der Waals surface area contributed by atoms with Crippen LogP contribution in [0.1, 0.15) is 42.9 Å². The maximum absolute atomic E-state index is 2.55. The first-order valence-electron chi connectivity index (χ1n) is 21.8. The molecule has 0 spiro atoms. The Balaban J connectivity index is 1.07. The highest BCUT2D eigenvalue weighted by atomic mass is 14.5. The largest absolute Gasteiger partial charge is 0.0654 e. The Kier molecular flexibility index (Phi) is 9.28. The van der Waals surface area contributed by atoms with E-state index in [9.17, 15) is 0 Å². The molecule has 0 saturated carbocycles. The molecule has 10 aromatic carbocycles. The van der Waals surface area contributed by atoms with Crippen molar-refractivity contribution in [2.24, 2.45) is 0 Å². The second-order valence-corrected chi connectivity index (χ2v) is 16.6. The maximum Gasteiger partial charge on any atom is 0.0463 e. The van der Waals surface area contributed by atoms with Crippen LogP contribution in [0.4, 0.5) is 0 Å². The van der Waals surface area contributed by atoms with E-state index in [4.69, 9.17) is 0 Å². The number of rotatable bonds is 9. The monoisotopic (exact) mass is 778 g/mol. The summed E-state index contributed by atoms with van der Waals surface area (Å²) in [6.45, 7) is 2.31. The highest BCUT2D eigenvalue weighted by Gasteiger charge is 2.44. The van der Waals surface area contributed by atoms with Crippen LogP contribution in [0, 0.1) is 0 Å². The van der Waals surface area contributed by atoms with Gasteiger partial charge in [-0.05, 0) is 136 Å². The lowest BCUT2D eigenvalue weighted by Crippen LogP contribution is -2.27. The van der Waals surface area contributed by atoms with Gasteiger partial charge in [-0.2, -0.15) is 0 Å². The number of unbranched alkanes of at least 4 members (excludes halogenated alkanes) is 1. The topological polar surface area (TPSA) is 0 Å². The Bertz CT molecular complexity index is 3080. The quantitative estimate of drug-likeness (QED) is 0.128. The highest BCUT2D eigenvalue weighted by Crippen LogP contribution is 2.56. The average molecular weight is 779 g/mol. The summed E-state index contributed by atoms with van der Waals surface area (Å²) in [6.07, 6.45) is 3.37. The van der Waals surface area contributed by atoms with Crippen LogP contribution >= 0.6 is 0 Å². The minimum absolute atomic E-state index is 0.213. The van der Waals surface area contributed by atoms with Crippen molar-refractivity contribution in [3.63, 3.8) is 0 Å². The van der Waals surface area contributed by atoms with Crippen molar-refractivity contribution in [1.29, 1.82) is 0 Å². The van der Waals surface area contributed by atoms with Gasteiger partial charge in [-0.1, -0.05) is 220 Å². The third kappa shape index (κ3) is 6.22. The molecule has 1 aliphatic carbocycles. The van der Waals surface area contributed by atoms with E-state index >= 15 is 0 Å². The molecule has 61 heavy (non-hydrogen) atoms. The van der Waals surface area contributed by atoms with Gasteiger partial charge in [-0.3, -0.25) is 0 Å². The smallest absolute Gasteiger partial charge is 0.0463 e. The van der Waals surface area contributed by atoms with Crippen LogP contribution in [0.25, 0.3) is 88.3 Å². The third-order valence-electron chi connectivity index (χ3n) is 13.2. The second-order valence-electron chi connectivity index (χ2n) is 16.6. The Morgan fingerprint density at radius 1 is 0.311 bits per heavy atom. The molecule has 0 nitrogen and oxygen atoms in total. The van der Waals surface area contributed by atoms with Gasteiger partial charge < -0.3 is 0 Å². The van der Waals surface area contributed by atoms with E-state index in [2.05, 4.69) is 231 Å². The lowest BCUT2D eigenvalue weighted by atomic mass is 9.69. The summed E-state index contributed by atoms with van der Waals surface area (Å²) in [4.78, 5) is 0. The molecular formula is C61H46. The molecule has 0 fully saturated rings. The van der Waals surface area contributed by atoms with E-state index in [1.165, 1.54) is 105 Å². The number of hydrogen-bond donors (Lipinski definition) is 0. The fraction of sp³-hybridized carbons (Fsp3) is 0.0820. The molecule has 11 rings (SSSR count). The molecule has 0 heteroatoms. The van der Waals surface area contributed by atoms with Crippen molar-refractivity contribution >= 4 is 21.5 Å². The van der Waals surface area contributed by atoms with Crippen LogP contribution in [0.2, 0.25) is 0 Å².